The van der Waals surface area contributed by atoms with Gasteiger partial charge in [0.15, 0.2) is 0 Å². The van der Waals surface area contributed by atoms with Gasteiger partial charge >= 0.3 is 5.97 Å². The largest absolute Gasteiger partial charge is 0.464 e. The van der Waals surface area contributed by atoms with Gasteiger partial charge in [-0.25, -0.2) is 4.79 Å². The van der Waals surface area contributed by atoms with Crippen LogP contribution in [0.3, 0.4) is 0 Å². The van der Waals surface area contributed by atoms with Crippen molar-refractivity contribution in [3.63, 3.8) is 0 Å². The fraction of sp³-hybridized carbons (Fsp3) is 0.882. The minimum atomic E-state index is -0.969. The number of rotatable bonds is 11. The molecule has 4 nitrogen and oxygen atoms in total. The third-order valence-corrected chi connectivity index (χ3v) is 7.90. The second-order valence-electron chi connectivity index (χ2n) is 7.26. The molecule has 128 valence electrons. The number of esters is 1. The molecule has 0 aromatic rings. The SMILES string of the molecule is CCCC[Si](C)(C)CCCCCCC(=O)N[C@H]1CCOC1=O. The molecule has 1 atom stereocenters. The maximum Gasteiger partial charge on any atom is 0.328 e. The number of hydrogen-bond donors (Lipinski definition) is 1. The van der Waals surface area contributed by atoms with E-state index in [4.69, 9.17) is 4.74 Å². The van der Waals surface area contributed by atoms with Crippen molar-refractivity contribution in [3.05, 3.63) is 0 Å². The molecule has 1 fully saturated rings. The lowest BCUT2D eigenvalue weighted by Crippen LogP contribution is -2.37. The summed E-state index contributed by atoms with van der Waals surface area (Å²) in [6, 6.07) is 2.45. The van der Waals surface area contributed by atoms with Crippen LogP contribution in [-0.4, -0.2) is 32.6 Å². The molecule has 1 amide bonds. The van der Waals surface area contributed by atoms with Crippen molar-refractivity contribution in [1.82, 2.24) is 5.32 Å². The van der Waals surface area contributed by atoms with Crippen LogP contribution < -0.4 is 5.32 Å². The van der Waals surface area contributed by atoms with E-state index in [0.717, 1.165) is 12.8 Å². The van der Waals surface area contributed by atoms with Gasteiger partial charge in [0.1, 0.15) is 6.04 Å². The first-order valence-electron chi connectivity index (χ1n) is 8.90. The van der Waals surface area contributed by atoms with Crippen LogP contribution in [-0.2, 0) is 14.3 Å². The van der Waals surface area contributed by atoms with E-state index in [1.54, 1.807) is 0 Å². The van der Waals surface area contributed by atoms with Gasteiger partial charge in [-0.15, -0.1) is 0 Å². The third-order valence-electron chi connectivity index (χ3n) is 4.49. The molecule has 22 heavy (non-hydrogen) atoms. The summed E-state index contributed by atoms with van der Waals surface area (Å²) in [5.41, 5.74) is 0. The topological polar surface area (TPSA) is 55.4 Å². The van der Waals surface area contributed by atoms with Crippen LogP contribution in [0.5, 0.6) is 0 Å². The molecule has 1 saturated heterocycles. The zero-order valence-corrected chi connectivity index (χ0v) is 15.6. The summed E-state index contributed by atoms with van der Waals surface area (Å²) in [6.45, 7) is 7.69. The fourth-order valence-electron chi connectivity index (χ4n) is 2.92. The molecule has 0 spiro atoms. The predicted octanol–water partition coefficient (Wildman–Crippen LogP) is 3.88. The molecule has 0 aromatic carbocycles. The maximum atomic E-state index is 11.7. The molecular formula is C17H33NO3Si. The first-order chi connectivity index (χ1) is 10.4. The smallest absolute Gasteiger partial charge is 0.328 e. The first-order valence-corrected chi connectivity index (χ1v) is 12.3. The molecule has 1 heterocycles. The minimum absolute atomic E-state index is 0.0125. The van der Waals surface area contributed by atoms with E-state index in [1.807, 2.05) is 0 Å². The second kappa shape index (κ2) is 10.0. The fourth-order valence-corrected chi connectivity index (χ4v) is 5.68. The highest BCUT2D eigenvalue weighted by Crippen LogP contribution is 2.22. The van der Waals surface area contributed by atoms with Crippen molar-refractivity contribution in [1.29, 1.82) is 0 Å². The molecule has 1 N–H and O–H groups in total. The van der Waals surface area contributed by atoms with Crippen molar-refractivity contribution >= 4 is 20.0 Å². The molecule has 0 aromatic heterocycles. The van der Waals surface area contributed by atoms with Gasteiger partial charge in [-0.1, -0.05) is 64.2 Å². The Bertz CT molecular complexity index is 358. The number of amides is 1. The average Bonchev–Trinajstić information content (AvgIpc) is 2.86. The van der Waals surface area contributed by atoms with Crippen molar-refractivity contribution < 1.29 is 14.3 Å². The Morgan fingerprint density at radius 2 is 1.86 bits per heavy atom. The summed E-state index contributed by atoms with van der Waals surface area (Å²) in [6.07, 6.45) is 8.39. The third kappa shape index (κ3) is 7.97. The Balaban J connectivity index is 2.00. The van der Waals surface area contributed by atoms with E-state index < -0.39 is 14.1 Å². The highest BCUT2D eigenvalue weighted by atomic mass is 28.3. The number of nitrogens with one attached hydrogen (secondary N) is 1. The van der Waals surface area contributed by atoms with Gasteiger partial charge in [0.2, 0.25) is 5.91 Å². The minimum Gasteiger partial charge on any atom is -0.464 e. The summed E-state index contributed by atoms with van der Waals surface area (Å²) in [5.74, 6) is -0.297. The van der Waals surface area contributed by atoms with Crippen LogP contribution in [0.2, 0.25) is 25.2 Å². The Labute approximate surface area is 136 Å². The first kappa shape index (κ1) is 19.2. The number of unbranched alkanes of at least 4 members (excludes halogenated alkanes) is 4. The van der Waals surface area contributed by atoms with Gasteiger partial charge in [0, 0.05) is 20.9 Å². The number of hydrogen-bond acceptors (Lipinski definition) is 3. The van der Waals surface area contributed by atoms with E-state index in [-0.39, 0.29) is 11.9 Å². The molecule has 1 aliphatic rings. The van der Waals surface area contributed by atoms with Crippen LogP contribution in [0.15, 0.2) is 0 Å². The Hall–Kier alpha value is -0.843. The van der Waals surface area contributed by atoms with Crippen LogP contribution in [0.1, 0.15) is 58.3 Å². The zero-order valence-electron chi connectivity index (χ0n) is 14.6. The Morgan fingerprint density at radius 3 is 2.50 bits per heavy atom. The van der Waals surface area contributed by atoms with Crippen LogP contribution in [0, 0.1) is 0 Å². The summed E-state index contributed by atoms with van der Waals surface area (Å²) in [5, 5.41) is 2.76. The van der Waals surface area contributed by atoms with Crippen LogP contribution in [0.4, 0.5) is 0 Å². The summed E-state index contributed by atoms with van der Waals surface area (Å²) in [7, 11) is -0.969. The lowest BCUT2D eigenvalue weighted by atomic mass is 10.1. The molecule has 5 heteroatoms. The highest BCUT2D eigenvalue weighted by Gasteiger charge is 2.27. The van der Waals surface area contributed by atoms with Crippen LogP contribution >= 0.6 is 0 Å². The van der Waals surface area contributed by atoms with E-state index >= 15 is 0 Å². The molecule has 1 rings (SSSR count). The number of cyclic esters (lactones) is 1. The van der Waals surface area contributed by atoms with Crippen molar-refractivity contribution in [2.24, 2.45) is 0 Å². The number of ether oxygens (including phenoxy) is 1. The predicted molar refractivity (Wildman–Crippen MR) is 92.6 cm³/mol. The zero-order chi connectivity index (χ0) is 16.4. The van der Waals surface area contributed by atoms with Gasteiger partial charge in [-0.2, -0.15) is 0 Å². The van der Waals surface area contributed by atoms with E-state index in [2.05, 4.69) is 25.3 Å². The molecule has 0 saturated carbocycles. The van der Waals surface area contributed by atoms with E-state index in [9.17, 15) is 9.59 Å². The monoisotopic (exact) mass is 327 g/mol. The van der Waals surface area contributed by atoms with Crippen molar-refractivity contribution in [2.75, 3.05) is 6.61 Å². The molecule has 0 bridgehead atoms. The molecule has 0 radical (unpaired) electrons. The summed E-state index contributed by atoms with van der Waals surface area (Å²) >= 11 is 0. The summed E-state index contributed by atoms with van der Waals surface area (Å²) < 4.78 is 4.83. The van der Waals surface area contributed by atoms with Crippen molar-refractivity contribution in [2.45, 2.75) is 89.5 Å². The van der Waals surface area contributed by atoms with E-state index in [0.29, 0.717) is 19.4 Å². The Morgan fingerprint density at radius 1 is 1.18 bits per heavy atom. The highest BCUT2D eigenvalue weighted by molar-refractivity contribution is 6.77. The molecule has 0 aliphatic carbocycles. The normalized spacial score (nSPS) is 18.3. The van der Waals surface area contributed by atoms with Crippen molar-refractivity contribution in [3.8, 4) is 0 Å². The molecule has 0 unspecified atom stereocenters. The molecular weight excluding hydrogens is 294 g/mol. The number of carbonyl (C=O) groups is 2. The number of carbonyl (C=O) groups excluding carboxylic acids is 2. The average molecular weight is 328 g/mol. The summed E-state index contributed by atoms with van der Waals surface area (Å²) in [4.78, 5) is 23.0. The lowest BCUT2D eigenvalue weighted by Gasteiger charge is -2.21. The maximum absolute atomic E-state index is 11.7. The quantitative estimate of drug-likeness (QED) is 0.356. The van der Waals surface area contributed by atoms with Gasteiger partial charge in [-0.3, -0.25) is 4.79 Å². The standard InChI is InChI=1S/C17H33NO3Si/c1-4-5-13-22(2,3)14-9-7-6-8-10-16(19)18-15-11-12-21-17(15)20/h15H,4-14H2,1-3H3,(H,18,19)/t15-/m0/s1. The second-order valence-corrected chi connectivity index (χ2v) is 12.6. The molecule has 1 aliphatic heterocycles. The lowest BCUT2D eigenvalue weighted by molar-refractivity contribution is -0.141. The van der Waals surface area contributed by atoms with Gasteiger partial charge in [0.25, 0.3) is 0 Å². The van der Waals surface area contributed by atoms with Gasteiger partial charge in [0.05, 0.1) is 6.61 Å². The van der Waals surface area contributed by atoms with Crippen LogP contribution in [0.25, 0.3) is 0 Å². The van der Waals surface area contributed by atoms with Gasteiger partial charge < -0.3 is 10.1 Å². The Kier molecular flexibility index (Phi) is 8.76. The van der Waals surface area contributed by atoms with E-state index in [1.165, 1.54) is 37.8 Å². The van der Waals surface area contributed by atoms with Gasteiger partial charge in [-0.05, 0) is 6.42 Å².